The summed E-state index contributed by atoms with van der Waals surface area (Å²) in [6.45, 7) is 3.96. The van der Waals surface area contributed by atoms with Crippen LogP contribution in [0.1, 0.15) is 6.92 Å². The van der Waals surface area contributed by atoms with Gasteiger partial charge in [0.2, 0.25) is 15.9 Å². The minimum Gasteiger partial charge on any atom is -0.368 e. The van der Waals surface area contributed by atoms with E-state index in [2.05, 4.69) is 10.0 Å². The molecule has 4 N–H and O–H groups in total. The van der Waals surface area contributed by atoms with Crippen molar-refractivity contribution in [3.05, 3.63) is 24.3 Å². The third-order valence-electron chi connectivity index (χ3n) is 3.38. The lowest BCUT2D eigenvalue weighted by Crippen LogP contribution is -2.57. The molecule has 1 amide bonds. The number of nitrogens with two attached hydrogens (primary N) is 1. The lowest BCUT2D eigenvalue weighted by molar-refractivity contribution is -0.119. The second-order valence-electron chi connectivity index (χ2n) is 4.81. The van der Waals surface area contributed by atoms with Crippen LogP contribution in [0.25, 0.3) is 0 Å². The van der Waals surface area contributed by atoms with Crippen molar-refractivity contribution in [3.8, 4) is 0 Å². The molecule has 1 aromatic rings. The molecule has 1 atom stereocenters. The number of carbonyl (C=O) groups is 1. The van der Waals surface area contributed by atoms with Gasteiger partial charge in [0.05, 0.1) is 4.90 Å². The van der Waals surface area contributed by atoms with Crippen LogP contribution in [0.15, 0.2) is 29.2 Å². The van der Waals surface area contributed by atoms with Crippen LogP contribution in [-0.4, -0.2) is 46.5 Å². The van der Waals surface area contributed by atoms with Crippen LogP contribution < -0.4 is 20.7 Å². The van der Waals surface area contributed by atoms with E-state index in [4.69, 9.17) is 5.73 Å². The third-order valence-corrected chi connectivity index (χ3v) is 4.95. The van der Waals surface area contributed by atoms with Gasteiger partial charge in [-0.15, -0.1) is 0 Å². The molecule has 1 unspecified atom stereocenters. The average Bonchev–Trinajstić information content (AvgIpc) is 2.47. The summed E-state index contributed by atoms with van der Waals surface area (Å²) >= 11 is 0. The number of carbonyl (C=O) groups excluding carboxylic acids is 1. The molecule has 1 fully saturated rings. The van der Waals surface area contributed by atoms with Crippen molar-refractivity contribution >= 4 is 21.6 Å². The van der Waals surface area contributed by atoms with E-state index >= 15 is 0 Å². The second kappa shape index (κ2) is 6.42. The lowest BCUT2D eigenvalue weighted by Gasteiger charge is -2.36. The van der Waals surface area contributed by atoms with E-state index in [1.165, 1.54) is 12.1 Å². The molecule has 1 aliphatic rings. The molecule has 8 heteroatoms. The van der Waals surface area contributed by atoms with Crippen molar-refractivity contribution in [1.82, 2.24) is 10.0 Å². The Balaban J connectivity index is 2.24. The van der Waals surface area contributed by atoms with Gasteiger partial charge >= 0.3 is 0 Å². The molecule has 1 heterocycles. The molecule has 0 saturated carbocycles. The van der Waals surface area contributed by atoms with Crippen molar-refractivity contribution < 1.29 is 13.2 Å². The Hall–Kier alpha value is -1.64. The summed E-state index contributed by atoms with van der Waals surface area (Å²) < 4.78 is 26.2. The van der Waals surface area contributed by atoms with Gasteiger partial charge < -0.3 is 16.0 Å². The number of nitrogens with zero attached hydrogens (tertiary/aromatic N) is 1. The first kappa shape index (κ1) is 15.7. The highest BCUT2D eigenvalue weighted by Crippen LogP contribution is 2.21. The van der Waals surface area contributed by atoms with Gasteiger partial charge in [-0.3, -0.25) is 4.79 Å². The zero-order valence-corrected chi connectivity index (χ0v) is 12.7. The van der Waals surface area contributed by atoms with Crippen LogP contribution in [-0.2, 0) is 14.8 Å². The van der Waals surface area contributed by atoms with E-state index in [1.807, 2.05) is 4.90 Å². The Kier molecular flexibility index (Phi) is 4.81. The zero-order chi connectivity index (χ0) is 15.5. The number of sulfonamides is 1. The minimum atomic E-state index is -3.46. The molecule has 0 spiro atoms. The first-order valence-corrected chi connectivity index (χ1v) is 8.30. The molecule has 0 bridgehead atoms. The van der Waals surface area contributed by atoms with Crippen molar-refractivity contribution in [1.29, 1.82) is 0 Å². The number of hydrogen-bond acceptors (Lipinski definition) is 5. The van der Waals surface area contributed by atoms with E-state index in [0.717, 1.165) is 12.2 Å². The Morgan fingerprint density at radius 1 is 1.43 bits per heavy atom. The van der Waals surface area contributed by atoms with Crippen LogP contribution in [0.5, 0.6) is 0 Å². The summed E-state index contributed by atoms with van der Waals surface area (Å²) in [5.74, 6) is -0.397. The van der Waals surface area contributed by atoms with Gasteiger partial charge in [-0.2, -0.15) is 0 Å². The maximum atomic E-state index is 11.9. The average molecular weight is 312 g/mol. The van der Waals surface area contributed by atoms with Gasteiger partial charge in [0, 0.05) is 31.9 Å². The number of hydrogen-bond donors (Lipinski definition) is 3. The second-order valence-corrected chi connectivity index (χ2v) is 6.58. The standard InChI is InChI=1S/C13H20N4O3S/c1-2-16-21(19,20)11-5-3-10(4-6-11)17-8-7-15-9-12(17)13(14)18/h3-6,12,15-16H,2,7-9H2,1H3,(H2,14,18). The smallest absolute Gasteiger partial charge is 0.241 e. The largest absolute Gasteiger partial charge is 0.368 e. The predicted octanol–water partition coefficient (Wildman–Crippen LogP) is -0.752. The molecule has 1 saturated heterocycles. The molecule has 116 valence electrons. The molecule has 2 rings (SSSR count). The number of benzene rings is 1. The van der Waals surface area contributed by atoms with Gasteiger partial charge in [0.1, 0.15) is 6.04 Å². The normalized spacial score (nSPS) is 19.5. The van der Waals surface area contributed by atoms with Gasteiger partial charge in [0.25, 0.3) is 0 Å². The van der Waals surface area contributed by atoms with Gasteiger partial charge in [-0.05, 0) is 24.3 Å². The Morgan fingerprint density at radius 2 is 2.10 bits per heavy atom. The fourth-order valence-corrected chi connectivity index (χ4v) is 3.40. The highest BCUT2D eigenvalue weighted by Gasteiger charge is 2.27. The van der Waals surface area contributed by atoms with Crippen LogP contribution in [0, 0.1) is 0 Å². The van der Waals surface area contributed by atoms with E-state index in [1.54, 1.807) is 19.1 Å². The van der Waals surface area contributed by atoms with Gasteiger partial charge in [-0.25, -0.2) is 13.1 Å². The molecule has 7 nitrogen and oxygen atoms in total. The topological polar surface area (TPSA) is 105 Å². The quantitative estimate of drug-likeness (QED) is 0.663. The van der Waals surface area contributed by atoms with Crippen molar-refractivity contribution in [2.45, 2.75) is 17.9 Å². The Morgan fingerprint density at radius 3 is 2.67 bits per heavy atom. The monoisotopic (exact) mass is 312 g/mol. The number of anilines is 1. The summed E-state index contributed by atoms with van der Waals surface area (Å²) in [7, 11) is -3.46. The first-order chi connectivity index (χ1) is 9.95. The number of amides is 1. The number of nitrogens with one attached hydrogen (secondary N) is 2. The van der Waals surface area contributed by atoms with E-state index < -0.39 is 22.0 Å². The summed E-state index contributed by atoms with van der Waals surface area (Å²) in [5, 5.41) is 3.12. The summed E-state index contributed by atoms with van der Waals surface area (Å²) in [6.07, 6.45) is 0. The summed E-state index contributed by atoms with van der Waals surface area (Å²) in [6, 6.07) is 6.05. The minimum absolute atomic E-state index is 0.207. The number of piperazine rings is 1. The Labute approximate surface area is 124 Å². The molecule has 21 heavy (non-hydrogen) atoms. The van der Waals surface area contributed by atoms with E-state index in [0.29, 0.717) is 19.6 Å². The molecular formula is C13H20N4O3S. The molecular weight excluding hydrogens is 292 g/mol. The van der Waals surface area contributed by atoms with Crippen LogP contribution >= 0.6 is 0 Å². The van der Waals surface area contributed by atoms with Crippen LogP contribution in [0.4, 0.5) is 5.69 Å². The first-order valence-electron chi connectivity index (χ1n) is 6.82. The molecule has 0 aliphatic carbocycles. The SMILES string of the molecule is CCNS(=O)(=O)c1ccc(N2CCNCC2C(N)=O)cc1. The number of rotatable bonds is 5. The molecule has 0 aromatic heterocycles. The molecule has 1 aliphatic heterocycles. The van der Waals surface area contributed by atoms with Crippen LogP contribution in [0.2, 0.25) is 0 Å². The third kappa shape index (κ3) is 3.52. The maximum absolute atomic E-state index is 11.9. The highest BCUT2D eigenvalue weighted by molar-refractivity contribution is 7.89. The summed E-state index contributed by atoms with van der Waals surface area (Å²) in [4.78, 5) is 13.6. The van der Waals surface area contributed by atoms with Crippen molar-refractivity contribution in [2.75, 3.05) is 31.1 Å². The van der Waals surface area contributed by atoms with Crippen LogP contribution in [0.3, 0.4) is 0 Å². The fraction of sp³-hybridized carbons (Fsp3) is 0.462. The Bertz CT molecular complexity index is 600. The zero-order valence-electron chi connectivity index (χ0n) is 11.9. The predicted molar refractivity (Wildman–Crippen MR) is 80.5 cm³/mol. The van der Waals surface area contributed by atoms with Gasteiger partial charge in [0.15, 0.2) is 0 Å². The molecule has 0 radical (unpaired) electrons. The number of primary amides is 1. The molecule has 1 aromatic carbocycles. The summed E-state index contributed by atoms with van der Waals surface area (Å²) in [5.41, 5.74) is 6.19. The highest BCUT2D eigenvalue weighted by atomic mass is 32.2. The van der Waals surface area contributed by atoms with Crippen molar-refractivity contribution in [3.63, 3.8) is 0 Å². The van der Waals surface area contributed by atoms with E-state index in [9.17, 15) is 13.2 Å². The van der Waals surface area contributed by atoms with E-state index in [-0.39, 0.29) is 4.90 Å². The fourth-order valence-electron chi connectivity index (χ4n) is 2.36. The maximum Gasteiger partial charge on any atom is 0.241 e. The van der Waals surface area contributed by atoms with Gasteiger partial charge in [-0.1, -0.05) is 6.92 Å². The van der Waals surface area contributed by atoms with Crippen molar-refractivity contribution in [2.24, 2.45) is 5.73 Å². The lowest BCUT2D eigenvalue weighted by atomic mass is 10.1.